The lowest BCUT2D eigenvalue weighted by atomic mass is 10.3. The summed E-state index contributed by atoms with van der Waals surface area (Å²) in [6, 6.07) is 7.67. The predicted molar refractivity (Wildman–Crippen MR) is 94.2 cm³/mol. The fourth-order valence-corrected chi connectivity index (χ4v) is 1.98. The zero-order valence-corrected chi connectivity index (χ0v) is 14.8. The van der Waals surface area contributed by atoms with E-state index >= 15 is 0 Å². The molecule has 1 unspecified atom stereocenters. The van der Waals surface area contributed by atoms with Crippen molar-refractivity contribution in [3.63, 3.8) is 0 Å². The Balaban J connectivity index is 2.33. The second-order valence-electron chi connectivity index (χ2n) is 5.80. The molecule has 1 atom stereocenters. The van der Waals surface area contributed by atoms with E-state index < -0.39 is 0 Å². The van der Waals surface area contributed by atoms with Gasteiger partial charge in [-0.05, 0) is 40.3 Å². The maximum Gasteiger partial charge on any atom is 0.161 e. The quantitative estimate of drug-likeness (QED) is 0.335. The van der Waals surface area contributed by atoms with Crippen LogP contribution in [-0.2, 0) is 4.74 Å². The standard InChI is InChI=1S/C18H30N2O3/c1-6-12-21-16-10-7-8-11-17(16)22-13-9-14-23-18(20(4)5)15-19(2)3/h6-8,10-11,18H,1,9,12-15H2,2-5H3. The highest BCUT2D eigenvalue weighted by Crippen LogP contribution is 2.26. The summed E-state index contributed by atoms with van der Waals surface area (Å²) in [6.45, 7) is 6.24. The molecule has 0 aliphatic heterocycles. The Morgan fingerprint density at radius 1 is 1.04 bits per heavy atom. The Bertz CT molecular complexity index is 450. The number of benzene rings is 1. The summed E-state index contributed by atoms with van der Waals surface area (Å²) in [5.74, 6) is 1.50. The number of ether oxygens (including phenoxy) is 3. The minimum absolute atomic E-state index is 0.0909. The molecule has 1 rings (SSSR count). The number of para-hydroxylation sites is 2. The van der Waals surface area contributed by atoms with Gasteiger partial charge >= 0.3 is 0 Å². The van der Waals surface area contributed by atoms with E-state index in [2.05, 4.69) is 16.4 Å². The summed E-state index contributed by atoms with van der Waals surface area (Å²) in [5.41, 5.74) is 0. The molecular formula is C18H30N2O3. The van der Waals surface area contributed by atoms with Crippen LogP contribution in [0, 0.1) is 0 Å². The summed E-state index contributed by atoms with van der Waals surface area (Å²) in [5, 5.41) is 0. The maximum atomic E-state index is 5.91. The van der Waals surface area contributed by atoms with Crippen molar-refractivity contribution >= 4 is 0 Å². The van der Waals surface area contributed by atoms with Gasteiger partial charge in [-0.3, -0.25) is 4.90 Å². The summed E-state index contributed by atoms with van der Waals surface area (Å²) in [4.78, 5) is 4.20. The zero-order chi connectivity index (χ0) is 17.1. The van der Waals surface area contributed by atoms with Crippen molar-refractivity contribution in [2.45, 2.75) is 12.6 Å². The van der Waals surface area contributed by atoms with E-state index in [4.69, 9.17) is 14.2 Å². The molecule has 0 bridgehead atoms. The monoisotopic (exact) mass is 322 g/mol. The van der Waals surface area contributed by atoms with Crippen LogP contribution in [0.3, 0.4) is 0 Å². The molecule has 5 nitrogen and oxygen atoms in total. The van der Waals surface area contributed by atoms with Crippen molar-refractivity contribution in [2.24, 2.45) is 0 Å². The third kappa shape index (κ3) is 8.02. The molecule has 0 amide bonds. The first-order valence-electron chi connectivity index (χ1n) is 7.93. The molecule has 23 heavy (non-hydrogen) atoms. The third-order valence-corrected chi connectivity index (χ3v) is 3.16. The first kappa shape index (κ1) is 19.5. The maximum absolute atomic E-state index is 5.91. The van der Waals surface area contributed by atoms with Gasteiger partial charge in [0.1, 0.15) is 12.8 Å². The molecule has 1 aromatic rings. The number of nitrogens with zero attached hydrogens (tertiary/aromatic N) is 2. The molecule has 130 valence electrons. The van der Waals surface area contributed by atoms with Crippen LogP contribution in [0.25, 0.3) is 0 Å². The lowest BCUT2D eigenvalue weighted by Crippen LogP contribution is -2.39. The van der Waals surface area contributed by atoms with Crippen molar-refractivity contribution in [3.05, 3.63) is 36.9 Å². The topological polar surface area (TPSA) is 34.2 Å². The van der Waals surface area contributed by atoms with Gasteiger partial charge in [0.2, 0.25) is 0 Å². The second-order valence-corrected chi connectivity index (χ2v) is 5.80. The average molecular weight is 322 g/mol. The minimum atomic E-state index is 0.0909. The van der Waals surface area contributed by atoms with E-state index in [1.54, 1.807) is 6.08 Å². The molecule has 0 aromatic heterocycles. The van der Waals surface area contributed by atoms with Crippen LogP contribution >= 0.6 is 0 Å². The van der Waals surface area contributed by atoms with Gasteiger partial charge in [-0.25, -0.2) is 0 Å². The van der Waals surface area contributed by atoms with Crippen molar-refractivity contribution in [2.75, 3.05) is 54.6 Å². The van der Waals surface area contributed by atoms with Gasteiger partial charge in [-0.2, -0.15) is 0 Å². The molecule has 0 heterocycles. The Morgan fingerprint density at radius 3 is 2.26 bits per heavy atom. The molecule has 0 aliphatic carbocycles. The van der Waals surface area contributed by atoms with Crippen molar-refractivity contribution in [1.82, 2.24) is 9.80 Å². The first-order valence-corrected chi connectivity index (χ1v) is 7.93. The molecule has 1 aromatic carbocycles. The van der Waals surface area contributed by atoms with Gasteiger partial charge in [0.25, 0.3) is 0 Å². The smallest absolute Gasteiger partial charge is 0.161 e. The number of rotatable bonds is 12. The predicted octanol–water partition coefficient (Wildman–Crippen LogP) is 2.49. The highest BCUT2D eigenvalue weighted by atomic mass is 16.5. The van der Waals surface area contributed by atoms with E-state index in [0.29, 0.717) is 19.8 Å². The molecule has 0 fully saturated rings. The lowest BCUT2D eigenvalue weighted by Gasteiger charge is -2.27. The average Bonchev–Trinajstić information content (AvgIpc) is 2.51. The van der Waals surface area contributed by atoms with Gasteiger partial charge in [-0.1, -0.05) is 24.8 Å². The molecule has 0 saturated carbocycles. The van der Waals surface area contributed by atoms with Crippen LogP contribution < -0.4 is 9.47 Å². The fourth-order valence-electron chi connectivity index (χ4n) is 1.98. The lowest BCUT2D eigenvalue weighted by molar-refractivity contribution is -0.0512. The summed E-state index contributed by atoms with van der Waals surface area (Å²) < 4.78 is 17.3. The molecule has 5 heteroatoms. The Morgan fingerprint density at radius 2 is 1.70 bits per heavy atom. The fraction of sp³-hybridized carbons (Fsp3) is 0.556. The molecule has 0 saturated heterocycles. The third-order valence-electron chi connectivity index (χ3n) is 3.16. The van der Waals surface area contributed by atoms with Crippen LogP contribution in [0.5, 0.6) is 11.5 Å². The Hall–Kier alpha value is -1.56. The molecule has 0 aliphatic rings. The largest absolute Gasteiger partial charge is 0.490 e. The Labute approximate surface area is 140 Å². The number of hydrogen-bond acceptors (Lipinski definition) is 5. The normalized spacial score (nSPS) is 12.4. The van der Waals surface area contributed by atoms with Crippen molar-refractivity contribution in [3.8, 4) is 11.5 Å². The van der Waals surface area contributed by atoms with Crippen LogP contribution in [0.15, 0.2) is 36.9 Å². The highest BCUT2D eigenvalue weighted by Gasteiger charge is 2.12. The van der Waals surface area contributed by atoms with Gasteiger partial charge in [-0.15, -0.1) is 0 Å². The van der Waals surface area contributed by atoms with E-state index in [-0.39, 0.29) is 6.23 Å². The molecule has 0 spiro atoms. The van der Waals surface area contributed by atoms with Gasteiger partial charge in [0.05, 0.1) is 13.2 Å². The first-order chi connectivity index (χ1) is 11.0. The summed E-state index contributed by atoms with van der Waals surface area (Å²) >= 11 is 0. The van der Waals surface area contributed by atoms with Gasteiger partial charge in [0, 0.05) is 13.0 Å². The SMILES string of the molecule is C=CCOc1ccccc1OCCCOC(CN(C)C)N(C)C. The van der Waals surface area contributed by atoms with Crippen LogP contribution in [0.1, 0.15) is 6.42 Å². The summed E-state index contributed by atoms with van der Waals surface area (Å²) in [7, 11) is 8.14. The molecular weight excluding hydrogens is 292 g/mol. The second kappa shape index (κ2) is 11.0. The van der Waals surface area contributed by atoms with E-state index in [1.807, 2.05) is 52.5 Å². The van der Waals surface area contributed by atoms with Crippen LogP contribution in [-0.4, -0.2) is 70.6 Å². The zero-order valence-electron chi connectivity index (χ0n) is 14.8. The number of hydrogen-bond donors (Lipinski definition) is 0. The van der Waals surface area contributed by atoms with E-state index in [0.717, 1.165) is 24.5 Å². The summed E-state index contributed by atoms with van der Waals surface area (Å²) in [6.07, 6.45) is 2.64. The van der Waals surface area contributed by atoms with Crippen LogP contribution in [0.4, 0.5) is 0 Å². The van der Waals surface area contributed by atoms with Crippen LogP contribution in [0.2, 0.25) is 0 Å². The van der Waals surface area contributed by atoms with Crippen molar-refractivity contribution in [1.29, 1.82) is 0 Å². The van der Waals surface area contributed by atoms with Gasteiger partial charge in [0.15, 0.2) is 11.5 Å². The van der Waals surface area contributed by atoms with E-state index in [1.165, 1.54) is 0 Å². The number of likely N-dealkylation sites (N-methyl/N-ethyl adjacent to an activating group) is 2. The molecule has 0 radical (unpaired) electrons. The Kier molecular flexibility index (Phi) is 9.36. The van der Waals surface area contributed by atoms with E-state index in [9.17, 15) is 0 Å². The highest BCUT2D eigenvalue weighted by molar-refractivity contribution is 5.39. The van der Waals surface area contributed by atoms with Gasteiger partial charge < -0.3 is 19.1 Å². The minimum Gasteiger partial charge on any atom is -0.490 e. The molecule has 0 N–H and O–H groups in total. The van der Waals surface area contributed by atoms with Crippen molar-refractivity contribution < 1.29 is 14.2 Å².